The molecule has 0 amide bonds. The average Bonchev–Trinajstić information content (AvgIpc) is 3.71. The van der Waals surface area contributed by atoms with Crippen LogP contribution in [0.15, 0.2) is 139 Å². The van der Waals surface area contributed by atoms with E-state index < -0.39 is 0 Å². The third-order valence-corrected chi connectivity index (χ3v) is 9.47. The van der Waals surface area contributed by atoms with Gasteiger partial charge in [-0.2, -0.15) is 0 Å². The van der Waals surface area contributed by atoms with Crippen molar-refractivity contribution < 1.29 is 0 Å². The molecule has 7 aromatic rings. The van der Waals surface area contributed by atoms with E-state index in [2.05, 4.69) is 131 Å². The lowest BCUT2D eigenvalue weighted by molar-refractivity contribution is 0.696. The van der Waals surface area contributed by atoms with Crippen LogP contribution in [0.2, 0.25) is 0 Å². The fourth-order valence-corrected chi connectivity index (χ4v) is 7.67. The molecule has 3 aromatic heterocycles. The smallest absolute Gasteiger partial charge is 0.148 e. The summed E-state index contributed by atoms with van der Waals surface area (Å²) in [5, 5.41) is 3.77. The number of benzene rings is 4. The standard InChI is InChI=1S/C36H24N4S/c1-2-9-24(10-3-1)40-29-13-6-5-12-28(29)38-36(40)23-16-18-25(19-17-23)39-30-14-8-22-37-34(30)27-20-21-32-33(35(27)39)26-11-4-7-15-31(26)41-32/h1-22,29,36H. The first-order valence-corrected chi connectivity index (χ1v) is 14.7. The van der Waals surface area contributed by atoms with Crippen LogP contribution in [-0.4, -0.2) is 21.3 Å². The maximum Gasteiger partial charge on any atom is 0.148 e. The Balaban J connectivity index is 1.24. The third kappa shape index (κ3) is 3.33. The Kier molecular flexibility index (Phi) is 4.86. The normalized spacial score (nSPS) is 18.1. The van der Waals surface area contributed by atoms with Crippen molar-refractivity contribution in [3.8, 4) is 5.69 Å². The molecule has 4 nitrogen and oxygen atoms in total. The molecule has 0 spiro atoms. The monoisotopic (exact) mass is 544 g/mol. The molecule has 1 aliphatic carbocycles. The van der Waals surface area contributed by atoms with E-state index in [9.17, 15) is 0 Å². The van der Waals surface area contributed by atoms with Crippen LogP contribution >= 0.6 is 11.3 Å². The number of allylic oxidation sites excluding steroid dienone is 2. The molecule has 41 heavy (non-hydrogen) atoms. The van der Waals surface area contributed by atoms with E-state index in [0.717, 1.165) is 22.4 Å². The molecule has 2 aliphatic rings. The molecule has 0 saturated heterocycles. The van der Waals surface area contributed by atoms with Gasteiger partial charge in [0.2, 0.25) is 0 Å². The molecule has 194 valence electrons. The molecule has 4 heterocycles. The van der Waals surface area contributed by atoms with Crippen LogP contribution in [0.4, 0.5) is 5.69 Å². The Bertz CT molecular complexity index is 2220. The summed E-state index contributed by atoms with van der Waals surface area (Å²) < 4.78 is 4.99. The summed E-state index contributed by atoms with van der Waals surface area (Å²) in [7, 11) is 0. The lowest BCUT2D eigenvalue weighted by atomic mass is 10.0. The number of hydrogen-bond acceptors (Lipinski definition) is 4. The summed E-state index contributed by atoms with van der Waals surface area (Å²) in [6.45, 7) is 0. The zero-order valence-corrected chi connectivity index (χ0v) is 22.9. The number of aromatic nitrogens is 2. The van der Waals surface area contributed by atoms with Crippen LogP contribution in [0.1, 0.15) is 11.7 Å². The molecule has 0 fully saturated rings. The van der Waals surface area contributed by atoms with Gasteiger partial charge in [-0.25, -0.2) is 0 Å². The fraction of sp³-hybridized carbons (Fsp3) is 0.0556. The summed E-state index contributed by atoms with van der Waals surface area (Å²) in [5.74, 6) is 0. The van der Waals surface area contributed by atoms with E-state index in [1.807, 2.05) is 23.6 Å². The van der Waals surface area contributed by atoms with Crippen molar-refractivity contribution in [3.63, 3.8) is 0 Å². The number of anilines is 1. The maximum absolute atomic E-state index is 5.19. The molecule has 4 aromatic carbocycles. The van der Waals surface area contributed by atoms with Gasteiger partial charge in [-0.1, -0.05) is 66.8 Å². The SMILES string of the molecule is C1=CC2=NC(c3ccc(-n4c5cccnc5c5ccc6sc7ccccc7c6c54)cc3)N(c3ccccc3)C2C=C1. The second-order valence-corrected chi connectivity index (χ2v) is 11.7. The molecule has 9 rings (SSSR count). The van der Waals surface area contributed by atoms with Gasteiger partial charge in [0.15, 0.2) is 0 Å². The van der Waals surface area contributed by atoms with Crippen LogP contribution in [0.5, 0.6) is 0 Å². The quantitative estimate of drug-likeness (QED) is 0.222. The highest BCUT2D eigenvalue weighted by atomic mass is 32.1. The number of pyridine rings is 1. The van der Waals surface area contributed by atoms with Gasteiger partial charge < -0.3 is 9.47 Å². The van der Waals surface area contributed by atoms with Gasteiger partial charge >= 0.3 is 0 Å². The van der Waals surface area contributed by atoms with E-state index in [-0.39, 0.29) is 12.2 Å². The van der Waals surface area contributed by atoms with Crippen molar-refractivity contribution in [2.24, 2.45) is 4.99 Å². The summed E-state index contributed by atoms with van der Waals surface area (Å²) in [5.41, 5.74) is 7.94. The molecule has 0 radical (unpaired) electrons. The molecule has 5 heteroatoms. The van der Waals surface area contributed by atoms with Gasteiger partial charge in [0, 0.05) is 43.1 Å². The predicted molar refractivity (Wildman–Crippen MR) is 173 cm³/mol. The molecule has 2 atom stereocenters. The van der Waals surface area contributed by atoms with Crippen LogP contribution in [0.3, 0.4) is 0 Å². The highest BCUT2D eigenvalue weighted by molar-refractivity contribution is 7.26. The molecule has 1 aliphatic heterocycles. The lowest BCUT2D eigenvalue weighted by Crippen LogP contribution is -2.35. The number of para-hydroxylation sites is 1. The topological polar surface area (TPSA) is 33.4 Å². The number of thiophene rings is 1. The Morgan fingerprint density at radius 1 is 0.683 bits per heavy atom. The first kappa shape index (κ1) is 22.8. The van der Waals surface area contributed by atoms with Crippen LogP contribution in [-0.2, 0) is 0 Å². The van der Waals surface area contributed by atoms with Crippen LogP contribution in [0, 0.1) is 0 Å². The lowest BCUT2D eigenvalue weighted by Gasteiger charge is -2.31. The van der Waals surface area contributed by atoms with Crippen molar-refractivity contribution in [2.75, 3.05) is 4.90 Å². The number of nitrogens with zero attached hydrogens (tertiary/aromatic N) is 4. The van der Waals surface area contributed by atoms with E-state index in [0.29, 0.717) is 0 Å². The molecule has 0 bridgehead atoms. The molecular weight excluding hydrogens is 520 g/mol. The molecule has 0 saturated carbocycles. The van der Waals surface area contributed by atoms with E-state index in [1.165, 1.54) is 42.3 Å². The Morgan fingerprint density at radius 2 is 1.54 bits per heavy atom. The molecule has 2 unspecified atom stereocenters. The van der Waals surface area contributed by atoms with Crippen molar-refractivity contribution in [3.05, 3.63) is 139 Å². The Morgan fingerprint density at radius 3 is 2.44 bits per heavy atom. The third-order valence-electron chi connectivity index (χ3n) is 8.33. The van der Waals surface area contributed by atoms with E-state index >= 15 is 0 Å². The number of rotatable bonds is 3. The summed E-state index contributed by atoms with van der Waals surface area (Å²) in [6, 6.07) is 37.1. The van der Waals surface area contributed by atoms with Crippen molar-refractivity contribution in [1.29, 1.82) is 0 Å². The summed E-state index contributed by atoms with van der Waals surface area (Å²) >= 11 is 1.85. The zero-order chi connectivity index (χ0) is 26.9. The Labute approximate surface area is 240 Å². The zero-order valence-electron chi connectivity index (χ0n) is 22.1. The second kappa shape index (κ2) is 8.75. The van der Waals surface area contributed by atoms with Gasteiger partial charge in [-0.05, 0) is 66.2 Å². The molecular formula is C36H24N4S. The number of aliphatic imine (C=N–C) groups is 1. The predicted octanol–water partition coefficient (Wildman–Crippen LogP) is 9.00. The first-order chi connectivity index (χ1) is 20.3. The van der Waals surface area contributed by atoms with Crippen molar-refractivity contribution in [1.82, 2.24) is 9.55 Å². The van der Waals surface area contributed by atoms with Gasteiger partial charge in [0.05, 0.1) is 28.3 Å². The van der Waals surface area contributed by atoms with Crippen molar-refractivity contribution >= 4 is 64.8 Å². The highest BCUT2D eigenvalue weighted by Gasteiger charge is 2.35. The minimum absolute atomic E-state index is 0.0915. The minimum Gasteiger partial charge on any atom is -0.334 e. The highest BCUT2D eigenvalue weighted by Crippen LogP contribution is 2.43. The van der Waals surface area contributed by atoms with Crippen LogP contribution < -0.4 is 4.90 Å². The van der Waals surface area contributed by atoms with Crippen LogP contribution in [0.25, 0.3) is 47.8 Å². The molecule has 0 N–H and O–H groups in total. The largest absolute Gasteiger partial charge is 0.334 e. The van der Waals surface area contributed by atoms with E-state index in [4.69, 9.17) is 9.98 Å². The fourth-order valence-electron chi connectivity index (χ4n) is 6.56. The first-order valence-electron chi connectivity index (χ1n) is 13.9. The Hall–Kier alpha value is -5.00. The van der Waals surface area contributed by atoms with E-state index in [1.54, 1.807) is 0 Å². The second-order valence-electron chi connectivity index (χ2n) is 10.6. The maximum atomic E-state index is 5.19. The minimum atomic E-state index is -0.0915. The van der Waals surface area contributed by atoms with Crippen molar-refractivity contribution in [2.45, 2.75) is 12.2 Å². The number of hydrogen-bond donors (Lipinski definition) is 0. The van der Waals surface area contributed by atoms with Gasteiger partial charge in [-0.15, -0.1) is 11.3 Å². The van der Waals surface area contributed by atoms with Gasteiger partial charge in [-0.3, -0.25) is 9.98 Å². The summed E-state index contributed by atoms with van der Waals surface area (Å²) in [6.07, 6.45) is 10.4. The number of fused-ring (bicyclic) bond motifs is 8. The van der Waals surface area contributed by atoms with Gasteiger partial charge in [0.1, 0.15) is 6.17 Å². The summed E-state index contributed by atoms with van der Waals surface area (Å²) in [4.78, 5) is 12.4. The average molecular weight is 545 g/mol. The van der Waals surface area contributed by atoms with Gasteiger partial charge in [0.25, 0.3) is 0 Å².